The number of halogens is 1. The first-order valence-electron chi connectivity index (χ1n) is 3.64. The number of isocyanates is 1. The maximum atomic E-state index is 13.0. The molecule has 13 heavy (non-hydrogen) atoms. The number of rotatable bonds is 3. The van der Waals surface area contributed by atoms with E-state index in [1.807, 2.05) is 6.26 Å². The van der Waals surface area contributed by atoms with Crippen LogP contribution in [0.5, 0.6) is 0 Å². The Morgan fingerprint density at radius 1 is 1.62 bits per heavy atom. The van der Waals surface area contributed by atoms with Gasteiger partial charge in [0.05, 0.1) is 6.54 Å². The molecule has 68 valence electrons. The van der Waals surface area contributed by atoms with Gasteiger partial charge in [0, 0.05) is 10.5 Å². The van der Waals surface area contributed by atoms with Gasteiger partial charge in [-0.1, -0.05) is 0 Å². The van der Waals surface area contributed by atoms with Crippen LogP contribution >= 0.6 is 11.8 Å². The molecule has 0 aliphatic carbocycles. The van der Waals surface area contributed by atoms with Crippen LogP contribution in [0, 0.1) is 5.82 Å². The summed E-state index contributed by atoms with van der Waals surface area (Å²) in [4.78, 5) is 14.1. The molecule has 0 aromatic heterocycles. The topological polar surface area (TPSA) is 29.4 Å². The molecular formula is C9H8FNOS. The Bertz CT molecular complexity index is 347. The van der Waals surface area contributed by atoms with Crippen LogP contribution in [0.1, 0.15) is 5.56 Å². The van der Waals surface area contributed by atoms with Gasteiger partial charge in [0.25, 0.3) is 0 Å². The van der Waals surface area contributed by atoms with Crippen molar-refractivity contribution in [2.24, 2.45) is 4.99 Å². The number of carbonyl (C=O) groups excluding carboxylic acids is 1. The summed E-state index contributed by atoms with van der Waals surface area (Å²) in [5.41, 5.74) is 0.426. The Labute approximate surface area is 79.9 Å². The molecule has 0 bridgehead atoms. The summed E-state index contributed by atoms with van der Waals surface area (Å²) in [7, 11) is 0. The van der Waals surface area contributed by atoms with Crippen LogP contribution in [0.3, 0.4) is 0 Å². The lowest BCUT2D eigenvalue weighted by atomic mass is 10.2. The molecule has 0 unspecified atom stereocenters. The molecule has 0 fully saturated rings. The van der Waals surface area contributed by atoms with E-state index < -0.39 is 0 Å². The first-order chi connectivity index (χ1) is 6.27. The lowest BCUT2D eigenvalue weighted by Crippen LogP contribution is -1.88. The normalized spacial score (nSPS) is 9.38. The predicted octanol–water partition coefficient (Wildman–Crippen LogP) is 2.38. The second-order valence-electron chi connectivity index (χ2n) is 2.36. The van der Waals surface area contributed by atoms with Crippen LogP contribution in [0.15, 0.2) is 28.1 Å². The lowest BCUT2D eigenvalue weighted by Gasteiger charge is -2.00. The molecule has 0 amide bonds. The van der Waals surface area contributed by atoms with Gasteiger partial charge in [-0.05, 0) is 24.5 Å². The van der Waals surface area contributed by atoms with E-state index in [0.717, 1.165) is 4.90 Å². The Hall–Kier alpha value is -1.12. The van der Waals surface area contributed by atoms with Gasteiger partial charge in [0.2, 0.25) is 6.08 Å². The van der Waals surface area contributed by atoms with Crippen LogP contribution < -0.4 is 0 Å². The van der Waals surface area contributed by atoms with E-state index in [2.05, 4.69) is 4.99 Å². The highest BCUT2D eigenvalue weighted by Gasteiger charge is 2.01. The van der Waals surface area contributed by atoms with Crippen molar-refractivity contribution >= 4 is 17.8 Å². The van der Waals surface area contributed by atoms with Gasteiger partial charge in [-0.25, -0.2) is 14.2 Å². The second kappa shape index (κ2) is 4.80. The summed E-state index contributed by atoms with van der Waals surface area (Å²) in [6.07, 6.45) is 3.29. The van der Waals surface area contributed by atoms with E-state index in [9.17, 15) is 9.18 Å². The molecule has 0 aliphatic rings. The van der Waals surface area contributed by atoms with Gasteiger partial charge in [-0.3, -0.25) is 0 Å². The summed E-state index contributed by atoms with van der Waals surface area (Å²) in [5.74, 6) is -0.336. The molecule has 0 saturated heterocycles. The Morgan fingerprint density at radius 2 is 2.38 bits per heavy atom. The highest BCUT2D eigenvalue weighted by Crippen LogP contribution is 2.18. The van der Waals surface area contributed by atoms with Gasteiger partial charge in [-0.15, -0.1) is 11.8 Å². The van der Waals surface area contributed by atoms with Crippen LogP contribution in [0.25, 0.3) is 0 Å². The van der Waals surface area contributed by atoms with E-state index >= 15 is 0 Å². The minimum absolute atomic E-state index is 0.0593. The number of hydrogen-bond donors (Lipinski definition) is 0. The van der Waals surface area contributed by atoms with Crippen LogP contribution in [-0.4, -0.2) is 12.3 Å². The summed E-state index contributed by atoms with van der Waals surface area (Å²) in [6, 6.07) is 4.75. The number of thioether (sulfide) groups is 1. The zero-order chi connectivity index (χ0) is 9.68. The molecule has 2 nitrogen and oxygen atoms in total. The van der Waals surface area contributed by atoms with Crippen molar-refractivity contribution in [3.05, 3.63) is 29.6 Å². The lowest BCUT2D eigenvalue weighted by molar-refractivity contribution is 0.561. The monoisotopic (exact) mass is 197 g/mol. The number of hydrogen-bond acceptors (Lipinski definition) is 3. The van der Waals surface area contributed by atoms with E-state index in [-0.39, 0.29) is 12.4 Å². The first-order valence-corrected chi connectivity index (χ1v) is 4.86. The van der Waals surface area contributed by atoms with Gasteiger partial charge >= 0.3 is 0 Å². The standard InChI is InChI=1S/C9H8FNOS/c1-13-8-2-3-9(10)7(4-8)5-11-6-12/h2-4H,5H2,1H3. The van der Waals surface area contributed by atoms with Gasteiger partial charge < -0.3 is 0 Å². The fourth-order valence-corrected chi connectivity index (χ4v) is 1.38. The molecule has 1 aromatic rings. The van der Waals surface area contributed by atoms with Gasteiger partial charge in [0.1, 0.15) is 5.82 Å². The number of benzene rings is 1. The quantitative estimate of drug-likeness (QED) is 0.423. The van der Waals surface area contributed by atoms with Gasteiger partial charge in [0.15, 0.2) is 0 Å². The summed E-state index contributed by atoms with van der Waals surface area (Å²) in [6.45, 7) is 0.0593. The van der Waals surface area contributed by atoms with Crippen molar-refractivity contribution in [1.82, 2.24) is 0 Å². The van der Waals surface area contributed by atoms with E-state index in [4.69, 9.17) is 0 Å². The number of nitrogens with zero attached hydrogens (tertiary/aromatic N) is 1. The summed E-state index contributed by atoms with van der Waals surface area (Å²) >= 11 is 1.52. The molecule has 0 heterocycles. The number of aliphatic imine (C=N–C) groups is 1. The highest BCUT2D eigenvalue weighted by atomic mass is 32.2. The molecule has 0 atom stereocenters. The van der Waals surface area contributed by atoms with Crippen molar-refractivity contribution < 1.29 is 9.18 Å². The maximum absolute atomic E-state index is 13.0. The smallest absolute Gasteiger partial charge is 0.211 e. The van der Waals surface area contributed by atoms with Crippen molar-refractivity contribution in [3.63, 3.8) is 0 Å². The van der Waals surface area contributed by atoms with Crippen LogP contribution in [0.4, 0.5) is 4.39 Å². The molecule has 0 saturated carbocycles. The SMILES string of the molecule is CSc1ccc(F)c(CN=C=O)c1. The molecule has 0 spiro atoms. The van der Waals surface area contributed by atoms with Gasteiger partial charge in [-0.2, -0.15) is 0 Å². The summed E-state index contributed by atoms with van der Waals surface area (Å²) in [5, 5.41) is 0. The molecule has 1 aromatic carbocycles. The molecular weight excluding hydrogens is 189 g/mol. The molecule has 0 aliphatic heterocycles. The predicted molar refractivity (Wildman–Crippen MR) is 50.0 cm³/mol. The zero-order valence-electron chi connectivity index (χ0n) is 7.08. The molecule has 0 N–H and O–H groups in total. The van der Waals surface area contributed by atoms with Crippen LogP contribution in [-0.2, 0) is 11.3 Å². The third kappa shape index (κ3) is 2.68. The average molecular weight is 197 g/mol. The maximum Gasteiger partial charge on any atom is 0.235 e. The molecule has 0 radical (unpaired) electrons. The minimum atomic E-state index is -0.336. The fraction of sp³-hybridized carbons (Fsp3) is 0.222. The first kappa shape index (κ1) is 9.96. The van der Waals surface area contributed by atoms with E-state index in [1.54, 1.807) is 12.1 Å². The Morgan fingerprint density at radius 3 is 3.00 bits per heavy atom. The molecule has 1 rings (SSSR count). The van der Waals surface area contributed by atoms with Crippen molar-refractivity contribution in [2.75, 3.05) is 6.26 Å². The largest absolute Gasteiger partial charge is 0.235 e. The molecule has 4 heteroatoms. The summed E-state index contributed by atoms with van der Waals surface area (Å²) < 4.78 is 13.0. The zero-order valence-corrected chi connectivity index (χ0v) is 7.90. The van der Waals surface area contributed by atoms with E-state index in [0.29, 0.717) is 5.56 Å². The van der Waals surface area contributed by atoms with Crippen molar-refractivity contribution in [3.8, 4) is 0 Å². The highest BCUT2D eigenvalue weighted by molar-refractivity contribution is 7.98. The third-order valence-corrected chi connectivity index (χ3v) is 2.29. The fourth-order valence-electron chi connectivity index (χ4n) is 0.917. The Kier molecular flexibility index (Phi) is 3.68. The van der Waals surface area contributed by atoms with E-state index in [1.165, 1.54) is 23.9 Å². The van der Waals surface area contributed by atoms with Crippen molar-refractivity contribution in [1.29, 1.82) is 0 Å². The third-order valence-electron chi connectivity index (χ3n) is 1.57. The second-order valence-corrected chi connectivity index (χ2v) is 3.24. The minimum Gasteiger partial charge on any atom is -0.211 e. The van der Waals surface area contributed by atoms with Crippen molar-refractivity contribution in [2.45, 2.75) is 11.4 Å². The van der Waals surface area contributed by atoms with Crippen LogP contribution in [0.2, 0.25) is 0 Å². The average Bonchev–Trinajstić information content (AvgIpc) is 2.17. The Balaban J connectivity index is 2.96.